The highest BCUT2D eigenvalue weighted by Gasteiger charge is 2.28. The third-order valence-corrected chi connectivity index (χ3v) is 4.89. The molecule has 2 aromatic rings. The van der Waals surface area contributed by atoms with Crippen molar-refractivity contribution in [3.8, 4) is 0 Å². The van der Waals surface area contributed by atoms with Crippen molar-refractivity contribution in [2.75, 3.05) is 18.5 Å². The van der Waals surface area contributed by atoms with Crippen LogP contribution in [0, 0.1) is 0 Å². The molecule has 2 N–H and O–H groups in total. The zero-order valence-corrected chi connectivity index (χ0v) is 13.6. The minimum atomic E-state index is -0.0199. The molecule has 0 aliphatic carbocycles. The van der Waals surface area contributed by atoms with Gasteiger partial charge < -0.3 is 15.5 Å². The summed E-state index contributed by atoms with van der Waals surface area (Å²) in [5, 5.41) is 2.60. The number of nitrogens with two attached hydrogens (primary N) is 1. The molecule has 1 aliphatic heterocycles. The Bertz CT molecular complexity index is 684. The van der Waals surface area contributed by atoms with Crippen LogP contribution in [-0.4, -0.2) is 35.4 Å². The molecular weight excluding hydrogens is 296 g/mol. The van der Waals surface area contributed by atoms with E-state index in [9.17, 15) is 4.79 Å². The highest BCUT2D eigenvalue weighted by molar-refractivity contribution is 7.09. The third-order valence-electron chi connectivity index (χ3n) is 4.02. The first-order valence-corrected chi connectivity index (χ1v) is 8.22. The first-order chi connectivity index (χ1) is 10.6. The van der Waals surface area contributed by atoms with Crippen molar-refractivity contribution < 1.29 is 4.79 Å². The topological polar surface area (TPSA) is 62.5 Å². The van der Waals surface area contributed by atoms with Crippen LogP contribution in [0.4, 0.5) is 5.69 Å². The lowest BCUT2D eigenvalue weighted by molar-refractivity contribution is 0.0682. The number of aromatic nitrogens is 1. The molecule has 1 aromatic heterocycles. The van der Waals surface area contributed by atoms with Gasteiger partial charge >= 0.3 is 0 Å². The molecule has 2 heterocycles. The van der Waals surface area contributed by atoms with Gasteiger partial charge in [-0.3, -0.25) is 4.79 Å². The number of hydrogen-bond donors (Lipinski definition) is 1. The maximum Gasteiger partial charge on any atom is 0.273 e. The summed E-state index contributed by atoms with van der Waals surface area (Å²) in [5.41, 5.74) is 8.44. The number of carbonyl (C=O) groups excluding carboxylic acids is 1. The predicted octanol–water partition coefficient (Wildman–Crippen LogP) is 2.08. The lowest BCUT2D eigenvalue weighted by Gasteiger charge is -2.28. The normalized spacial score (nSPS) is 18.0. The molecule has 0 fully saturated rings. The number of benzene rings is 1. The van der Waals surface area contributed by atoms with Gasteiger partial charge in [-0.1, -0.05) is 18.2 Å². The van der Waals surface area contributed by atoms with Gasteiger partial charge in [-0.15, -0.1) is 11.3 Å². The van der Waals surface area contributed by atoms with Crippen molar-refractivity contribution in [2.24, 2.45) is 5.73 Å². The van der Waals surface area contributed by atoms with E-state index in [4.69, 9.17) is 5.73 Å². The van der Waals surface area contributed by atoms with E-state index >= 15 is 0 Å². The molecule has 22 heavy (non-hydrogen) atoms. The van der Waals surface area contributed by atoms with E-state index in [1.165, 1.54) is 17.0 Å². The molecular formula is C16H20N4OS. The van der Waals surface area contributed by atoms with Crippen LogP contribution in [0.25, 0.3) is 0 Å². The Hall–Kier alpha value is -1.92. The number of amides is 1. The van der Waals surface area contributed by atoms with E-state index in [1.807, 2.05) is 17.0 Å². The second-order valence-corrected chi connectivity index (χ2v) is 6.56. The quantitative estimate of drug-likeness (QED) is 0.921. The van der Waals surface area contributed by atoms with Crippen LogP contribution >= 0.6 is 11.3 Å². The molecule has 0 saturated heterocycles. The highest BCUT2D eigenvalue weighted by atomic mass is 32.1. The van der Waals surface area contributed by atoms with Crippen molar-refractivity contribution in [3.05, 3.63) is 45.9 Å². The zero-order chi connectivity index (χ0) is 15.7. The number of hydrogen-bond acceptors (Lipinski definition) is 5. The number of nitrogens with zero attached hydrogens (tertiary/aromatic N) is 3. The van der Waals surface area contributed by atoms with Gasteiger partial charge in [0.2, 0.25) is 0 Å². The molecule has 1 unspecified atom stereocenters. The van der Waals surface area contributed by atoms with Gasteiger partial charge in [0.15, 0.2) is 0 Å². The summed E-state index contributed by atoms with van der Waals surface area (Å²) in [5.74, 6) is -0.0199. The van der Waals surface area contributed by atoms with Crippen LogP contribution in [0.2, 0.25) is 0 Å². The molecule has 1 amide bonds. The Morgan fingerprint density at radius 2 is 2.23 bits per heavy atom. The Balaban J connectivity index is 1.91. The molecule has 1 aliphatic rings. The molecule has 5 nitrogen and oxygen atoms in total. The molecule has 1 atom stereocenters. The summed E-state index contributed by atoms with van der Waals surface area (Å²) < 4.78 is 0. The average molecular weight is 316 g/mol. The maximum absolute atomic E-state index is 12.8. The second kappa shape index (κ2) is 6.06. The van der Waals surface area contributed by atoms with Gasteiger partial charge in [0.25, 0.3) is 5.91 Å². The van der Waals surface area contributed by atoms with Crippen molar-refractivity contribution in [2.45, 2.75) is 26.1 Å². The van der Waals surface area contributed by atoms with E-state index in [2.05, 4.69) is 36.0 Å². The Morgan fingerprint density at radius 1 is 1.45 bits per heavy atom. The van der Waals surface area contributed by atoms with Crippen LogP contribution in [0.15, 0.2) is 29.6 Å². The van der Waals surface area contributed by atoms with E-state index in [0.29, 0.717) is 18.8 Å². The van der Waals surface area contributed by atoms with Crippen molar-refractivity contribution >= 4 is 22.9 Å². The Morgan fingerprint density at radius 3 is 2.95 bits per heavy atom. The summed E-state index contributed by atoms with van der Waals surface area (Å²) in [6.07, 6.45) is 0. The SMILES string of the molecule is CC1CN(C)c2ccccc2CN1C(=O)c1csc(CN)n1. The molecule has 0 radical (unpaired) electrons. The first kappa shape index (κ1) is 15.0. The van der Waals surface area contributed by atoms with Crippen molar-refractivity contribution in [3.63, 3.8) is 0 Å². The van der Waals surface area contributed by atoms with Crippen LogP contribution < -0.4 is 10.6 Å². The molecule has 1 aromatic carbocycles. The fourth-order valence-electron chi connectivity index (χ4n) is 2.87. The van der Waals surface area contributed by atoms with E-state index in [-0.39, 0.29) is 11.9 Å². The van der Waals surface area contributed by atoms with Crippen LogP contribution in [0.1, 0.15) is 28.0 Å². The minimum Gasteiger partial charge on any atom is -0.372 e. The number of likely N-dealkylation sites (N-methyl/N-ethyl adjacent to an activating group) is 1. The fraction of sp³-hybridized carbons (Fsp3) is 0.375. The van der Waals surface area contributed by atoms with Gasteiger partial charge in [-0.2, -0.15) is 0 Å². The lowest BCUT2D eigenvalue weighted by Crippen LogP contribution is -2.42. The summed E-state index contributed by atoms with van der Waals surface area (Å²) in [6, 6.07) is 8.35. The fourth-order valence-corrected chi connectivity index (χ4v) is 3.52. The highest BCUT2D eigenvalue weighted by Crippen LogP contribution is 2.27. The second-order valence-electron chi connectivity index (χ2n) is 5.62. The Kier molecular flexibility index (Phi) is 4.13. The molecule has 0 saturated carbocycles. The third kappa shape index (κ3) is 2.71. The number of carbonyl (C=O) groups is 1. The molecule has 0 bridgehead atoms. The van der Waals surface area contributed by atoms with Crippen LogP contribution in [-0.2, 0) is 13.1 Å². The summed E-state index contributed by atoms with van der Waals surface area (Å²) in [6.45, 7) is 3.86. The number of thiazole rings is 1. The van der Waals surface area contributed by atoms with Gasteiger partial charge in [0, 0.05) is 43.8 Å². The summed E-state index contributed by atoms with van der Waals surface area (Å²) in [7, 11) is 2.07. The predicted molar refractivity (Wildman–Crippen MR) is 89.1 cm³/mol. The molecule has 0 spiro atoms. The number of rotatable bonds is 2. The Labute approximate surface area is 134 Å². The lowest BCUT2D eigenvalue weighted by atomic mass is 10.1. The number of anilines is 1. The standard InChI is InChI=1S/C16H20N4OS/c1-11-8-19(2)14-6-4-3-5-12(14)9-20(11)16(21)13-10-22-15(7-17)18-13/h3-6,10-11H,7-9,17H2,1-2H3. The van der Waals surface area contributed by atoms with Crippen LogP contribution in [0.5, 0.6) is 0 Å². The van der Waals surface area contributed by atoms with Gasteiger partial charge in [-0.05, 0) is 18.6 Å². The molecule has 6 heteroatoms. The largest absolute Gasteiger partial charge is 0.372 e. The summed E-state index contributed by atoms with van der Waals surface area (Å²) in [4.78, 5) is 21.3. The van der Waals surface area contributed by atoms with Crippen LogP contribution in [0.3, 0.4) is 0 Å². The van der Waals surface area contributed by atoms with Gasteiger partial charge in [-0.25, -0.2) is 4.98 Å². The zero-order valence-electron chi connectivity index (χ0n) is 12.8. The maximum atomic E-state index is 12.8. The van der Waals surface area contributed by atoms with E-state index in [1.54, 1.807) is 5.38 Å². The summed E-state index contributed by atoms with van der Waals surface area (Å²) >= 11 is 1.44. The van der Waals surface area contributed by atoms with Gasteiger partial charge in [0.05, 0.1) is 0 Å². The van der Waals surface area contributed by atoms with Crippen molar-refractivity contribution in [1.82, 2.24) is 9.88 Å². The van der Waals surface area contributed by atoms with Crippen molar-refractivity contribution in [1.29, 1.82) is 0 Å². The average Bonchev–Trinajstić information content (AvgIpc) is 2.96. The number of fused-ring (bicyclic) bond motifs is 1. The van der Waals surface area contributed by atoms with E-state index in [0.717, 1.165) is 17.1 Å². The molecule has 3 rings (SSSR count). The molecule has 116 valence electrons. The van der Waals surface area contributed by atoms with E-state index < -0.39 is 0 Å². The first-order valence-electron chi connectivity index (χ1n) is 7.34. The minimum absolute atomic E-state index is 0.0199. The van der Waals surface area contributed by atoms with Gasteiger partial charge in [0.1, 0.15) is 10.7 Å². The smallest absolute Gasteiger partial charge is 0.273 e. The monoisotopic (exact) mass is 316 g/mol. The number of para-hydroxylation sites is 1.